The zero-order valence-corrected chi connectivity index (χ0v) is 12.8. The minimum Gasteiger partial charge on any atom is -0.396 e. The van der Waals surface area contributed by atoms with Gasteiger partial charge in [0.15, 0.2) is 0 Å². The summed E-state index contributed by atoms with van der Waals surface area (Å²) in [5.74, 6) is -0.159. The fourth-order valence-electron chi connectivity index (χ4n) is 2.54. The Hall–Kier alpha value is -1.78. The first kappa shape index (κ1) is 14.2. The quantitative estimate of drug-likeness (QED) is 0.777. The maximum atomic E-state index is 12.2. The highest BCUT2D eigenvalue weighted by Crippen LogP contribution is 2.36. The molecule has 1 saturated carbocycles. The van der Waals surface area contributed by atoms with Gasteiger partial charge >= 0.3 is 0 Å². The lowest BCUT2D eigenvalue weighted by atomic mass is 10.2. The van der Waals surface area contributed by atoms with Gasteiger partial charge in [-0.3, -0.25) is 4.79 Å². The van der Waals surface area contributed by atoms with Gasteiger partial charge in [-0.25, -0.2) is 0 Å². The number of likely N-dealkylation sites (N-methyl/N-ethyl adjacent to an activating group) is 1. The number of likely N-dealkylation sites (tertiary alicyclic amines) is 1. The van der Waals surface area contributed by atoms with E-state index in [0.717, 1.165) is 37.4 Å². The topological polar surface area (TPSA) is 94.2 Å². The smallest absolute Gasteiger partial charge is 0.263 e. The van der Waals surface area contributed by atoms with Crippen LogP contribution in [0.4, 0.5) is 10.7 Å². The molecule has 0 aromatic carbocycles. The van der Waals surface area contributed by atoms with Gasteiger partial charge in [-0.1, -0.05) is 0 Å². The Morgan fingerprint density at radius 2 is 2.19 bits per heavy atom. The zero-order valence-electron chi connectivity index (χ0n) is 12.0. The highest BCUT2D eigenvalue weighted by Gasteiger charge is 2.28. The van der Waals surface area contributed by atoms with Gasteiger partial charge in [0.25, 0.3) is 5.91 Å². The molecule has 2 aliphatic rings. The Morgan fingerprint density at radius 3 is 2.76 bits per heavy atom. The first-order chi connectivity index (χ1) is 10.1. The summed E-state index contributed by atoms with van der Waals surface area (Å²) < 4.78 is 0. The summed E-state index contributed by atoms with van der Waals surface area (Å²) in [5, 5.41) is 16.3. The number of nitriles is 1. The molecule has 0 spiro atoms. The second-order valence-electron chi connectivity index (χ2n) is 5.80. The summed E-state index contributed by atoms with van der Waals surface area (Å²) >= 11 is 1.29. The van der Waals surface area contributed by atoms with E-state index < -0.39 is 0 Å². The summed E-state index contributed by atoms with van der Waals surface area (Å²) in [6.45, 7) is 1.97. The number of nitrogens with one attached hydrogen (secondary N) is 2. The number of nitrogen functional groups attached to an aromatic ring is 1. The number of nitrogens with two attached hydrogens (primary N) is 1. The van der Waals surface area contributed by atoms with E-state index in [1.807, 2.05) is 0 Å². The van der Waals surface area contributed by atoms with Crippen molar-refractivity contribution in [2.75, 3.05) is 31.2 Å². The first-order valence-electron chi connectivity index (χ1n) is 7.16. The van der Waals surface area contributed by atoms with Crippen molar-refractivity contribution >= 4 is 27.9 Å². The minimum absolute atomic E-state index is 0.159. The third-order valence-electron chi connectivity index (χ3n) is 3.90. The Morgan fingerprint density at radius 1 is 1.43 bits per heavy atom. The molecular formula is C14H19N5OS. The summed E-state index contributed by atoms with van der Waals surface area (Å²) in [7, 11) is 2.07. The monoisotopic (exact) mass is 305 g/mol. The van der Waals surface area contributed by atoms with Gasteiger partial charge in [-0.05, 0) is 32.9 Å². The molecule has 6 nitrogen and oxygen atoms in total. The number of nitrogens with zero attached hydrogens (tertiary/aromatic N) is 2. The average molecular weight is 305 g/mol. The summed E-state index contributed by atoms with van der Waals surface area (Å²) in [6.07, 6.45) is 3.09. The summed E-state index contributed by atoms with van der Waals surface area (Å²) in [6, 6.07) is 2.71. The van der Waals surface area contributed by atoms with Crippen molar-refractivity contribution in [2.24, 2.45) is 0 Å². The van der Waals surface area contributed by atoms with Gasteiger partial charge in [0.1, 0.15) is 21.5 Å². The number of carbonyl (C=O) groups excluding carboxylic acids is 1. The van der Waals surface area contributed by atoms with Crippen molar-refractivity contribution in [1.82, 2.24) is 10.2 Å². The fraction of sp³-hybridized carbons (Fsp3) is 0.571. The van der Waals surface area contributed by atoms with Crippen LogP contribution in [-0.4, -0.2) is 43.0 Å². The number of thiophene rings is 1. The molecule has 7 heteroatoms. The van der Waals surface area contributed by atoms with Crippen LogP contribution >= 0.6 is 11.3 Å². The molecule has 1 atom stereocenters. The number of carbonyl (C=O) groups is 1. The van der Waals surface area contributed by atoms with E-state index in [9.17, 15) is 10.1 Å². The molecule has 1 aliphatic carbocycles. The molecule has 1 amide bonds. The van der Waals surface area contributed by atoms with Gasteiger partial charge in [0.05, 0.1) is 5.69 Å². The molecule has 21 heavy (non-hydrogen) atoms. The maximum absolute atomic E-state index is 12.2. The standard InChI is InChI=1S/C14H19N5OS/c1-19-5-4-9(7-19)18-14-10(6-15)11(16)12(21-14)13(20)17-8-2-3-8/h8-9,18H,2-5,7,16H2,1H3,(H,17,20). The molecule has 1 aromatic rings. The van der Waals surface area contributed by atoms with Gasteiger partial charge in [0, 0.05) is 18.6 Å². The average Bonchev–Trinajstić information content (AvgIpc) is 3.07. The molecule has 1 aromatic heterocycles. The molecule has 4 N–H and O–H groups in total. The lowest BCUT2D eigenvalue weighted by Gasteiger charge is -2.12. The largest absolute Gasteiger partial charge is 0.396 e. The lowest BCUT2D eigenvalue weighted by Crippen LogP contribution is -2.25. The van der Waals surface area contributed by atoms with Crippen LogP contribution in [0.25, 0.3) is 0 Å². The van der Waals surface area contributed by atoms with Crippen LogP contribution in [-0.2, 0) is 0 Å². The number of rotatable bonds is 4. The van der Waals surface area contributed by atoms with Crippen LogP contribution in [0.3, 0.4) is 0 Å². The molecule has 0 bridgehead atoms. The van der Waals surface area contributed by atoms with Crippen molar-refractivity contribution in [1.29, 1.82) is 5.26 Å². The molecule has 2 fully saturated rings. The van der Waals surface area contributed by atoms with Crippen molar-refractivity contribution in [3.63, 3.8) is 0 Å². The van der Waals surface area contributed by atoms with Crippen molar-refractivity contribution in [3.8, 4) is 6.07 Å². The van der Waals surface area contributed by atoms with E-state index in [1.54, 1.807) is 0 Å². The predicted molar refractivity (Wildman–Crippen MR) is 83.5 cm³/mol. The third kappa shape index (κ3) is 2.96. The maximum Gasteiger partial charge on any atom is 0.263 e. The molecule has 112 valence electrons. The van der Waals surface area contributed by atoms with Gasteiger partial charge in [-0.2, -0.15) is 5.26 Å². The van der Waals surface area contributed by atoms with Crippen LogP contribution in [0.5, 0.6) is 0 Å². The second-order valence-corrected chi connectivity index (χ2v) is 6.82. The SMILES string of the molecule is CN1CCC(Nc2sc(C(=O)NC3CC3)c(N)c2C#N)C1. The van der Waals surface area contributed by atoms with Crippen LogP contribution in [0.2, 0.25) is 0 Å². The van der Waals surface area contributed by atoms with Crippen molar-refractivity contribution < 1.29 is 4.79 Å². The van der Waals surface area contributed by atoms with Gasteiger partial charge in [0.2, 0.25) is 0 Å². The van der Waals surface area contributed by atoms with Crippen LogP contribution in [0, 0.1) is 11.3 Å². The molecule has 0 radical (unpaired) electrons. The molecule has 1 aliphatic heterocycles. The number of hydrogen-bond donors (Lipinski definition) is 3. The van der Waals surface area contributed by atoms with E-state index in [0.29, 0.717) is 22.2 Å². The van der Waals surface area contributed by atoms with Gasteiger partial charge in [-0.15, -0.1) is 11.3 Å². The number of anilines is 2. The molecular weight excluding hydrogens is 286 g/mol. The van der Waals surface area contributed by atoms with E-state index in [2.05, 4.69) is 28.7 Å². The highest BCUT2D eigenvalue weighted by molar-refractivity contribution is 7.19. The third-order valence-corrected chi connectivity index (χ3v) is 5.04. The molecule has 1 saturated heterocycles. The molecule has 3 rings (SSSR count). The Balaban J connectivity index is 1.79. The lowest BCUT2D eigenvalue weighted by molar-refractivity contribution is 0.0956. The Labute approximate surface area is 127 Å². The van der Waals surface area contributed by atoms with E-state index in [4.69, 9.17) is 5.73 Å². The number of amides is 1. The number of hydrogen-bond acceptors (Lipinski definition) is 6. The van der Waals surface area contributed by atoms with Crippen molar-refractivity contribution in [3.05, 3.63) is 10.4 Å². The highest BCUT2D eigenvalue weighted by atomic mass is 32.1. The minimum atomic E-state index is -0.159. The van der Waals surface area contributed by atoms with Crippen LogP contribution in [0.15, 0.2) is 0 Å². The Bertz CT molecular complexity index is 601. The Kier molecular flexibility index (Phi) is 3.74. The zero-order chi connectivity index (χ0) is 15.0. The normalized spacial score (nSPS) is 22.0. The van der Waals surface area contributed by atoms with E-state index >= 15 is 0 Å². The van der Waals surface area contributed by atoms with Crippen LogP contribution in [0.1, 0.15) is 34.5 Å². The molecule has 2 heterocycles. The van der Waals surface area contributed by atoms with E-state index in [-0.39, 0.29) is 11.9 Å². The first-order valence-corrected chi connectivity index (χ1v) is 7.98. The summed E-state index contributed by atoms with van der Waals surface area (Å²) in [4.78, 5) is 14.8. The van der Waals surface area contributed by atoms with E-state index in [1.165, 1.54) is 11.3 Å². The second kappa shape index (κ2) is 5.54. The molecule has 1 unspecified atom stereocenters. The van der Waals surface area contributed by atoms with Gasteiger partial charge < -0.3 is 21.3 Å². The fourth-order valence-corrected chi connectivity index (χ4v) is 3.59. The van der Waals surface area contributed by atoms with Crippen molar-refractivity contribution in [2.45, 2.75) is 31.3 Å². The predicted octanol–water partition coefficient (Wildman–Crippen LogP) is 1.21. The summed E-state index contributed by atoms with van der Waals surface area (Å²) in [5.41, 5.74) is 6.69. The van der Waals surface area contributed by atoms with Crippen LogP contribution < -0.4 is 16.4 Å².